The summed E-state index contributed by atoms with van der Waals surface area (Å²) in [6.07, 6.45) is 1.91. The third kappa shape index (κ3) is 2.58. The van der Waals surface area contributed by atoms with Gasteiger partial charge < -0.3 is 10.7 Å². The molecule has 14 heavy (non-hydrogen) atoms. The highest BCUT2D eigenvalue weighted by atomic mass is 14.9. The molecule has 1 rings (SSSR count). The minimum Gasteiger partial charge on any atom is -0.346 e. The van der Waals surface area contributed by atoms with E-state index < -0.39 is 0 Å². The zero-order valence-electron chi connectivity index (χ0n) is 9.65. The lowest BCUT2D eigenvalue weighted by molar-refractivity contribution is 0.369. The number of aromatic nitrogens is 2. The van der Waals surface area contributed by atoms with E-state index in [-0.39, 0.29) is 5.41 Å². The summed E-state index contributed by atoms with van der Waals surface area (Å²) < 4.78 is 0. The highest BCUT2D eigenvalue weighted by Crippen LogP contribution is 2.19. The number of nitrogens with one attached hydrogen (secondary N) is 1. The molecule has 80 valence electrons. The second-order valence-corrected chi connectivity index (χ2v) is 4.65. The van der Waals surface area contributed by atoms with Crippen LogP contribution in [0.4, 0.5) is 0 Å². The average Bonchev–Trinajstić information content (AvgIpc) is 2.45. The Labute approximate surface area is 86.1 Å². The van der Waals surface area contributed by atoms with Crippen LogP contribution in [-0.4, -0.2) is 16.5 Å². The molecule has 0 saturated carbocycles. The van der Waals surface area contributed by atoms with Gasteiger partial charge in [-0.2, -0.15) is 0 Å². The van der Waals surface area contributed by atoms with Gasteiger partial charge in [0.2, 0.25) is 0 Å². The van der Waals surface area contributed by atoms with Crippen LogP contribution in [0.3, 0.4) is 0 Å². The molecule has 3 heteroatoms. The molecule has 1 aromatic heterocycles. The van der Waals surface area contributed by atoms with Gasteiger partial charge in [-0.3, -0.25) is 0 Å². The second-order valence-electron chi connectivity index (χ2n) is 4.65. The van der Waals surface area contributed by atoms with E-state index in [0.29, 0.717) is 6.54 Å². The first-order valence-electron chi connectivity index (χ1n) is 5.23. The molecule has 0 bridgehead atoms. The third-order valence-electron chi connectivity index (χ3n) is 2.57. The zero-order chi connectivity index (χ0) is 10.8. The molecule has 0 aliphatic carbocycles. The van der Waals surface area contributed by atoms with Gasteiger partial charge in [0.25, 0.3) is 0 Å². The lowest BCUT2D eigenvalue weighted by atomic mass is 9.89. The summed E-state index contributed by atoms with van der Waals surface area (Å²) in [5.41, 5.74) is 8.19. The molecule has 0 atom stereocenters. The van der Waals surface area contributed by atoms with Gasteiger partial charge in [0.15, 0.2) is 0 Å². The summed E-state index contributed by atoms with van der Waals surface area (Å²) in [7, 11) is 0. The molecule has 0 aromatic carbocycles. The summed E-state index contributed by atoms with van der Waals surface area (Å²) in [6.45, 7) is 9.22. The van der Waals surface area contributed by atoms with Crippen molar-refractivity contribution in [2.24, 2.45) is 11.1 Å². The van der Waals surface area contributed by atoms with E-state index in [0.717, 1.165) is 18.7 Å². The number of aryl methyl sites for hydroxylation is 2. The summed E-state index contributed by atoms with van der Waals surface area (Å²) in [5.74, 6) is 1.06. The molecule has 1 aromatic rings. The van der Waals surface area contributed by atoms with E-state index in [4.69, 9.17) is 5.73 Å². The van der Waals surface area contributed by atoms with Crippen LogP contribution in [0.1, 0.15) is 38.0 Å². The van der Waals surface area contributed by atoms with Crippen molar-refractivity contribution in [2.75, 3.05) is 6.54 Å². The fourth-order valence-corrected chi connectivity index (χ4v) is 1.52. The van der Waals surface area contributed by atoms with Crippen molar-refractivity contribution in [3.63, 3.8) is 0 Å². The van der Waals surface area contributed by atoms with E-state index in [1.165, 1.54) is 11.4 Å². The van der Waals surface area contributed by atoms with Crippen LogP contribution in [0.15, 0.2) is 0 Å². The lowest BCUT2D eigenvalue weighted by Crippen LogP contribution is -2.26. The summed E-state index contributed by atoms with van der Waals surface area (Å²) in [6, 6.07) is 0. The molecular formula is C11H21N3. The number of aromatic amines is 1. The molecule has 0 unspecified atom stereocenters. The van der Waals surface area contributed by atoms with Crippen molar-refractivity contribution >= 4 is 0 Å². The van der Waals surface area contributed by atoms with Crippen LogP contribution in [0.5, 0.6) is 0 Å². The number of hydrogen-bond acceptors (Lipinski definition) is 2. The Bertz CT molecular complexity index is 299. The fraction of sp³-hybridized carbons (Fsp3) is 0.727. The molecule has 3 nitrogen and oxygen atoms in total. The van der Waals surface area contributed by atoms with Crippen molar-refractivity contribution in [3.8, 4) is 0 Å². The first-order valence-corrected chi connectivity index (χ1v) is 5.23. The molecule has 0 aliphatic heterocycles. The quantitative estimate of drug-likeness (QED) is 0.769. The maximum Gasteiger partial charge on any atom is 0.107 e. The molecule has 0 amide bonds. The molecule has 0 aliphatic rings. The fourth-order valence-electron chi connectivity index (χ4n) is 1.52. The van der Waals surface area contributed by atoms with Crippen LogP contribution in [0.25, 0.3) is 0 Å². The number of hydrogen-bond donors (Lipinski definition) is 2. The largest absolute Gasteiger partial charge is 0.346 e. The van der Waals surface area contributed by atoms with E-state index in [1.807, 2.05) is 0 Å². The Morgan fingerprint density at radius 3 is 2.50 bits per heavy atom. The van der Waals surface area contributed by atoms with Crippen LogP contribution >= 0.6 is 0 Å². The van der Waals surface area contributed by atoms with Gasteiger partial charge in [-0.15, -0.1) is 0 Å². The highest BCUT2D eigenvalue weighted by Gasteiger charge is 2.18. The smallest absolute Gasteiger partial charge is 0.107 e. The standard InChI is InChI=1S/C11H21N3/c1-5-9-8(2)13-10(14-9)6-11(3,4)7-12/h5-7,12H2,1-4H3,(H,13,14). The van der Waals surface area contributed by atoms with Gasteiger partial charge in [0, 0.05) is 12.1 Å². The molecule has 0 spiro atoms. The molecule has 1 heterocycles. The van der Waals surface area contributed by atoms with E-state index >= 15 is 0 Å². The number of nitrogens with zero attached hydrogens (tertiary/aromatic N) is 1. The zero-order valence-corrected chi connectivity index (χ0v) is 9.65. The number of imidazole rings is 1. The third-order valence-corrected chi connectivity index (χ3v) is 2.57. The summed E-state index contributed by atoms with van der Waals surface area (Å²) in [5, 5.41) is 0. The minimum absolute atomic E-state index is 0.134. The van der Waals surface area contributed by atoms with Crippen LogP contribution in [0, 0.1) is 12.3 Å². The first-order chi connectivity index (χ1) is 6.48. The lowest BCUT2D eigenvalue weighted by Gasteiger charge is -2.20. The average molecular weight is 195 g/mol. The van der Waals surface area contributed by atoms with Gasteiger partial charge in [-0.25, -0.2) is 4.98 Å². The van der Waals surface area contributed by atoms with Crippen molar-refractivity contribution < 1.29 is 0 Å². The number of H-pyrrole nitrogens is 1. The predicted octanol–water partition coefficient (Wildman–Crippen LogP) is 1.81. The Hall–Kier alpha value is -0.830. The summed E-state index contributed by atoms with van der Waals surface area (Å²) in [4.78, 5) is 7.87. The van der Waals surface area contributed by atoms with E-state index in [2.05, 4.69) is 37.7 Å². The SMILES string of the molecule is CCc1nc(CC(C)(C)CN)[nH]c1C. The topological polar surface area (TPSA) is 54.7 Å². The van der Waals surface area contributed by atoms with Gasteiger partial charge in [0.05, 0.1) is 5.69 Å². The van der Waals surface area contributed by atoms with Gasteiger partial charge in [-0.1, -0.05) is 20.8 Å². The van der Waals surface area contributed by atoms with Crippen molar-refractivity contribution in [1.29, 1.82) is 0 Å². The monoisotopic (exact) mass is 195 g/mol. The summed E-state index contributed by atoms with van der Waals surface area (Å²) >= 11 is 0. The maximum absolute atomic E-state index is 5.69. The molecule has 0 saturated heterocycles. The Balaban J connectivity index is 2.77. The Morgan fingerprint density at radius 1 is 1.43 bits per heavy atom. The molecule has 0 radical (unpaired) electrons. The van der Waals surface area contributed by atoms with Gasteiger partial charge >= 0.3 is 0 Å². The van der Waals surface area contributed by atoms with Crippen LogP contribution < -0.4 is 5.73 Å². The first kappa shape index (κ1) is 11.2. The van der Waals surface area contributed by atoms with E-state index in [1.54, 1.807) is 0 Å². The van der Waals surface area contributed by atoms with Crippen molar-refractivity contribution in [1.82, 2.24) is 9.97 Å². The van der Waals surface area contributed by atoms with E-state index in [9.17, 15) is 0 Å². The van der Waals surface area contributed by atoms with Crippen LogP contribution in [-0.2, 0) is 12.8 Å². The molecule has 0 fully saturated rings. The Kier molecular flexibility index (Phi) is 3.32. The van der Waals surface area contributed by atoms with Crippen LogP contribution in [0.2, 0.25) is 0 Å². The normalized spacial score (nSPS) is 12.1. The molecule has 3 N–H and O–H groups in total. The van der Waals surface area contributed by atoms with Gasteiger partial charge in [0.1, 0.15) is 5.82 Å². The van der Waals surface area contributed by atoms with Crippen molar-refractivity contribution in [3.05, 3.63) is 17.2 Å². The number of rotatable bonds is 4. The molecular weight excluding hydrogens is 174 g/mol. The van der Waals surface area contributed by atoms with Crippen molar-refractivity contribution in [2.45, 2.75) is 40.5 Å². The Morgan fingerprint density at radius 2 is 2.07 bits per heavy atom. The minimum atomic E-state index is 0.134. The highest BCUT2D eigenvalue weighted by molar-refractivity contribution is 5.13. The number of nitrogens with two attached hydrogens (primary N) is 1. The van der Waals surface area contributed by atoms with Gasteiger partial charge in [-0.05, 0) is 25.3 Å². The maximum atomic E-state index is 5.69. The predicted molar refractivity (Wildman–Crippen MR) is 59.2 cm³/mol. The second kappa shape index (κ2) is 4.13.